The van der Waals surface area contributed by atoms with E-state index in [-0.39, 0.29) is 13.2 Å². The van der Waals surface area contributed by atoms with Gasteiger partial charge in [-0.2, -0.15) is 5.26 Å². The first-order valence-electron chi connectivity index (χ1n) is 5.18. The standard InChI is InChI=1S/C12H12N2O3/c13-5-8-4-10-11(14-8)2-1-3-12(10)17-7-9(16)6-15/h1-4,9,14-16H,6-7H2/t9-/m0/s1. The Labute approximate surface area is 97.9 Å². The van der Waals surface area contributed by atoms with Crippen molar-refractivity contribution >= 4 is 10.9 Å². The Balaban J connectivity index is 2.28. The highest BCUT2D eigenvalue weighted by Gasteiger charge is 2.08. The van der Waals surface area contributed by atoms with Crippen LogP contribution in [0.25, 0.3) is 10.9 Å². The number of nitrogens with zero attached hydrogens (tertiary/aromatic N) is 1. The van der Waals surface area contributed by atoms with Gasteiger partial charge in [0.25, 0.3) is 0 Å². The van der Waals surface area contributed by atoms with Crippen molar-refractivity contribution in [2.45, 2.75) is 6.10 Å². The summed E-state index contributed by atoms with van der Waals surface area (Å²) in [6.45, 7) is -0.324. The van der Waals surface area contributed by atoms with Crippen molar-refractivity contribution in [1.82, 2.24) is 4.98 Å². The molecule has 17 heavy (non-hydrogen) atoms. The van der Waals surface area contributed by atoms with E-state index < -0.39 is 6.10 Å². The lowest BCUT2D eigenvalue weighted by molar-refractivity contribution is 0.0541. The predicted molar refractivity (Wildman–Crippen MR) is 61.6 cm³/mol. The lowest BCUT2D eigenvalue weighted by atomic mass is 10.2. The molecule has 2 aromatic rings. The number of aromatic nitrogens is 1. The van der Waals surface area contributed by atoms with Crippen LogP contribution in [0.2, 0.25) is 0 Å². The van der Waals surface area contributed by atoms with Gasteiger partial charge in [0.15, 0.2) is 0 Å². The third kappa shape index (κ3) is 2.38. The Hall–Kier alpha value is -2.03. The second kappa shape index (κ2) is 4.87. The lowest BCUT2D eigenvalue weighted by Crippen LogP contribution is -2.21. The van der Waals surface area contributed by atoms with E-state index in [0.717, 1.165) is 10.9 Å². The van der Waals surface area contributed by atoms with Gasteiger partial charge in [0.1, 0.15) is 30.2 Å². The van der Waals surface area contributed by atoms with Crippen LogP contribution in [0.3, 0.4) is 0 Å². The minimum Gasteiger partial charge on any atom is -0.490 e. The third-order valence-corrected chi connectivity index (χ3v) is 2.39. The molecule has 0 amide bonds. The number of aromatic amines is 1. The monoisotopic (exact) mass is 232 g/mol. The second-order valence-electron chi connectivity index (χ2n) is 3.66. The molecular formula is C12H12N2O3. The molecule has 1 aromatic heterocycles. The van der Waals surface area contributed by atoms with E-state index >= 15 is 0 Å². The normalized spacial score (nSPS) is 12.3. The van der Waals surface area contributed by atoms with Gasteiger partial charge in [-0.1, -0.05) is 6.07 Å². The minimum atomic E-state index is -0.903. The van der Waals surface area contributed by atoms with E-state index in [1.54, 1.807) is 18.2 Å². The van der Waals surface area contributed by atoms with Crippen LogP contribution >= 0.6 is 0 Å². The molecule has 0 fully saturated rings. The van der Waals surface area contributed by atoms with E-state index in [1.807, 2.05) is 12.1 Å². The number of H-pyrrole nitrogens is 1. The summed E-state index contributed by atoms with van der Waals surface area (Å²) in [6.07, 6.45) is -0.903. The van der Waals surface area contributed by atoms with Gasteiger partial charge < -0.3 is 19.9 Å². The van der Waals surface area contributed by atoms with Crippen LogP contribution in [-0.4, -0.2) is 34.5 Å². The van der Waals surface area contributed by atoms with Crippen molar-refractivity contribution in [2.75, 3.05) is 13.2 Å². The Kier molecular flexibility index (Phi) is 3.28. The van der Waals surface area contributed by atoms with Gasteiger partial charge >= 0.3 is 0 Å². The largest absolute Gasteiger partial charge is 0.490 e. The first-order chi connectivity index (χ1) is 8.24. The van der Waals surface area contributed by atoms with Gasteiger partial charge in [-0.25, -0.2) is 0 Å². The van der Waals surface area contributed by atoms with Crippen LogP contribution in [0, 0.1) is 11.3 Å². The molecular weight excluding hydrogens is 220 g/mol. The smallest absolute Gasteiger partial charge is 0.128 e. The van der Waals surface area contributed by atoms with Crippen LogP contribution in [0.4, 0.5) is 0 Å². The van der Waals surface area contributed by atoms with Gasteiger partial charge in [0.2, 0.25) is 0 Å². The van der Waals surface area contributed by atoms with Crippen LogP contribution in [0.15, 0.2) is 24.3 Å². The van der Waals surface area contributed by atoms with Gasteiger partial charge in [-0.15, -0.1) is 0 Å². The van der Waals surface area contributed by atoms with E-state index in [0.29, 0.717) is 11.4 Å². The fourth-order valence-corrected chi connectivity index (χ4v) is 1.55. The minimum absolute atomic E-state index is 0.0165. The van der Waals surface area contributed by atoms with Crippen LogP contribution in [0.5, 0.6) is 5.75 Å². The zero-order valence-electron chi connectivity index (χ0n) is 9.05. The topological polar surface area (TPSA) is 89.3 Å². The third-order valence-electron chi connectivity index (χ3n) is 2.39. The predicted octanol–water partition coefficient (Wildman–Crippen LogP) is 0.772. The fraction of sp³-hybridized carbons (Fsp3) is 0.250. The van der Waals surface area contributed by atoms with Gasteiger partial charge in [-0.3, -0.25) is 0 Å². The highest BCUT2D eigenvalue weighted by Crippen LogP contribution is 2.26. The Morgan fingerprint density at radius 1 is 1.47 bits per heavy atom. The highest BCUT2D eigenvalue weighted by atomic mass is 16.5. The van der Waals surface area contributed by atoms with Crippen LogP contribution in [0.1, 0.15) is 5.69 Å². The van der Waals surface area contributed by atoms with Crippen LogP contribution in [-0.2, 0) is 0 Å². The van der Waals surface area contributed by atoms with Crippen molar-refractivity contribution in [1.29, 1.82) is 5.26 Å². The number of aliphatic hydroxyl groups is 2. The second-order valence-corrected chi connectivity index (χ2v) is 3.66. The summed E-state index contributed by atoms with van der Waals surface area (Å²) >= 11 is 0. The maximum absolute atomic E-state index is 9.21. The molecule has 0 spiro atoms. The Morgan fingerprint density at radius 2 is 2.29 bits per heavy atom. The average Bonchev–Trinajstić information content (AvgIpc) is 2.79. The van der Waals surface area contributed by atoms with Gasteiger partial charge in [0.05, 0.1) is 12.1 Å². The summed E-state index contributed by atoms with van der Waals surface area (Å²) in [7, 11) is 0. The van der Waals surface area contributed by atoms with Crippen molar-refractivity contribution in [2.24, 2.45) is 0 Å². The number of ether oxygens (including phenoxy) is 1. The SMILES string of the molecule is N#Cc1cc2c(OC[C@@H](O)CO)cccc2[nH]1. The van der Waals surface area contributed by atoms with Crippen molar-refractivity contribution < 1.29 is 14.9 Å². The number of benzene rings is 1. The van der Waals surface area contributed by atoms with Crippen molar-refractivity contribution in [3.8, 4) is 11.8 Å². The highest BCUT2D eigenvalue weighted by molar-refractivity contribution is 5.87. The maximum Gasteiger partial charge on any atom is 0.128 e. The molecule has 5 heteroatoms. The molecule has 88 valence electrons. The molecule has 1 heterocycles. The number of hydrogen-bond acceptors (Lipinski definition) is 4. The summed E-state index contributed by atoms with van der Waals surface area (Å²) in [5.41, 5.74) is 1.26. The van der Waals surface area contributed by atoms with Crippen molar-refractivity contribution in [3.05, 3.63) is 30.0 Å². The summed E-state index contributed by atoms with van der Waals surface area (Å²) < 4.78 is 5.39. The zero-order valence-corrected chi connectivity index (χ0v) is 9.05. The van der Waals surface area contributed by atoms with Gasteiger partial charge in [-0.05, 0) is 18.2 Å². The molecule has 0 aliphatic heterocycles. The lowest BCUT2D eigenvalue weighted by Gasteiger charge is -2.10. The molecule has 1 aromatic carbocycles. The van der Waals surface area contributed by atoms with Gasteiger partial charge in [0, 0.05) is 5.39 Å². The molecule has 0 unspecified atom stereocenters. The molecule has 5 nitrogen and oxygen atoms in total. The molecule has 0 radical (unpaired) electrons. The number of fused-ring (bicyclic) bond motifs is 1. The molecule has 0 saturated heterocycles. The number of aliphatic hydroxyl groups excluding tert-OH is 2. The van der Waals surface area contributed by atoms with E-state index in [4.69, 9.17) is 15.1 Å². The number of nitriles is 1. The molecule has 0 saturated carbocycles. The molecule has 2 rings (SSSR count). The summed E-state index contributed by atoms with van der Waals surface area (Å²) in [5, 5.41) is 27.5. The van der Waals surface area contributed by atoms with Crippen molar-refractivity contribution in [3.63, 3.8) is 0 Å². The molecule has 0 bridgehead atoms. The summed E-state index contributed by atoms with van der Waals surface area (Å²) in [6, 6.07) is 9.09. The number of hydrogen-bond donors (Lipinski definition) is 3. The van der Waals surface area contributed by atoms with Crippen LogP contribution < -0.4 is 4.74 Å². The first-order valence-corrected chi connectivity index (χ1v) is 5.18. The Morgan fingerprint density at radius 3 is 3.00 bits per heavy atom. The first kappa shape index (κ1) is 11.5. The maximum atomic E-state index is 9.21. The Bertz CT molecular complexity index is 556. The summed E-state index contributed by atoms with van der Waals surface area (Å²) in [4.78, 5) is 2.93. The average molecular weight is 232 g/mol. The zero-order chi connectivity index (χ0) is 12.3. The number of rotatable bonds is 4. The van der Waals surface area contributed by atoms with E-state index in [1.165, 1.54) is 0 Å². The molecule has 0 aliphatic rings. The summed E-state index contributed by atoms with van der Waals surface area (Å²) in [5.74, 6) is 0.577. The quantitative estimate of drug-likeness (QED) is 0.726. The number of nitrogens with one attached hydrogen (secondary N) is 1. The fourth-order valence-electron chi connectivity index (χ4n) is 1.55. The van der Waals surface area contributed by atoms with E-state index in [2.05, 4.69) is 4.98 Å². The van der Waals surface area contributed by atoms with E-state index in [9.17, 15) is 5.11 Å². The molecule has 1 atom stereocenters. The molecule has 3 N–H and O–H groups in total. The molecule has 0 aliphatic carbocycles.